The molecule has 0 saturated carbocycles. The number of hydrogen-bond acceptors (Lipinski definition) is 3. The third kappa shape index (κ3) is 1.97. The van der Waals surface area contributed by atoms with Gasteiger partial charge >= 0.3 is 0 Å². The van der Waals surface area contributed by atoms with Crippen molar-refractivity contribution in [2.75, 3.05) is 6.61 Å². The predicted molar refractivity (Wildman–Crippen MR) is 59.9 cm³/mol. The van der Waals surface area contributed by atoms with Gasteiger partial charge in [0.15, 0.2) is 11.3 Å². The van der Waals surface area contributed by atoms with Gasteiger partial charge in [-0.2, -0.15) is 0 Å². The lowest BCUT2D eigenvalue weighted by Crippen LogP contribution is -1.94. The van der Waals surface area contributed by atoms with E-state index in [2.05, 4.69) is 6.92 Å². The SMILES string of the molecule is CCCOc1cccc2cc(CN)oc12. The van der Waals surface area contributed by atoms with Crippen molar-refractivity contribution in [1.29, 1.82) is 0 Å². The molecule has 0 aliphatic carbocycles. The molecule has 0 unspecified atom stereocenters. The number of ether oxygens (including phenoxy) is 1. The molecular formula is C12H15NO2. The van der Waals surface area contributed by atoms with Crippen molar-refractivity contribution in [3.05, 3.63) is 30.0 Å². The lowest BCUT2D eigenvalue weighted by Gasteiger charge is -2.03. The molecule has 0 atom stereocenters. The van der Waals surface area contributed by atoms with Crippen LogP contribution < -0.4 is 10.5 Å². The highest BCUT2D eigenvalue weighted by atomic mass is 16.5. The quantitative estimate of drug-likeness (QED) is 0.834. The molecule has 1 aromatic heterocycles. The van der Waals surface area contributed by atoms with Crippen LogP contribution in [0.25, 0.3) is 11.0 Å². The Morgan fingerprint density at radius 2 is 2.27 bits per heavy atom. The van der Waals surface area contributed by atoms with Crippen molar-refractivity contribution in [3.63, 3.8) is 0 Å². The largest absolute Gasteiger partial charge is 0.490 e. The lowest BCUT2D eigenvalue weighted by atomic mass is 10.2. The maximum absolute atomic E-state index is 5.60. The number of para-hydroxylation sites is 1. The molecule has 0 aliphatic heterocycles. The first-order valence-corrected chi connectivity index (χ1v) is 5.19. The van der Waals surface area contributed by atoms with E-state index in [9.17, 15) is 0 Å². The van der Waals surface area contributed by atoms with Crippen LogP contribution in [-0.2, 0) is 6.54 Å². The molecule has 15 heavy (non-hydrogen) atoms. The van der Waals surface area contributed by atoms with Gasteiger partial charge in [0, 0.05) is 5.39 Å². The van der Waals surface area contributed by atoms with Crippen LogP contribution in [0.3, 0.4) is 0 Å². The number of rotatable bonds is 4. The Morgan fingerprint density at radius 1 is 1.40 bits per heavy atom. The van der Waals surface area contributed by atoms with Crippen LogP contribution in [0.2, 0.25) is 0 Å². The van der Waals surface area contributed by atoms with E-state index < -0.39 is 0 Å². The Labute approximate surface area is 88.8 Å². The summed E-state index contributed by atoms with van der Waals surface area (Å²) in [6.45, 7) is 3.20. The van der Waals surface area contributed by atoms with Crippen LogP contribution in [0.15, 0.2) is 28.7 Å². The average Bonchev–Trinajstić information content (AvgIpc) is 2.69. The van der Waals surface area contributed by atoms with Gasteiger partial charge in [-0.15, -0.1) is 0 Å². The van der Waals surface area contributed by atoms with E-state index in [1.165, 1.54) is 0 Å². The van der Waals surface area contributed by atoms with Crippen LogP contribution in [-0.4, -0.2) is 6.61 Å². The molecule has 2 rings (SSSR count). The maximum atomic E-state index is 5.60. The number of hydrogen-bond donors (Lipinski definition) is 1. The van der Waals surface area contributed by atoms with Gasteiger partial charge in [-0.1, -0.05) is 19.1 Å². The Balaban J connectivity index is 2.40. The second-order valence-corrected chi connectivity index (χ2v) is 3.44. The van der Waals surface area contributed by atoms with Gasteiger partial charge < -0.3 is 14.9 Å². The molecule has 1 heterocycles. The molecule has 1 aromatic carbocycles. The Bertz CT molecular complexity index is 448. The van der Waals surface area contributed by atoms with Gasteiger partial charge in [0.2, 0.25) is 0 Å². The molecule has 3 heteroatoms. The minimum absolute atomic E-state index is 0.419. The molecule has 80 valence electrons. The Morgan fingerprint density at radius 3 is 3.00 bits per heavy atom. The fourth-order valence-corrected chi connectivity index (χ4v) is 1.52. The summed E-state index contributed by atoms with van der Waals surface area (Å²) in [4.78, 5) is 0. The molecule has 0 bridgehead atoms. The van der Waals surface area contributed by atoms with E-state index in [1.54, 1.807) is 0 Å². The summed E-state index contributed by atoms with van der Waals surface area (Å²) >= 11 is 0. The molecular weight excluding hydrogens is 190 g/mol. The summed E-state index contributed by atoms with van der Waals surface area (Å²) in [6.07, 6.45) is 0.987. The first-order valence-electron chi connectivity index (χ1n) is 5.19. The number of furan rings is 1. The van der Waals surface area contributed by atoms with Gasteiger partial charge in [0.05, 0.1) is 13.2 Å². The standard InChI is InChI=1S/C12H15NO2/c1-2-6-14-11-5-3-4-9-7-10(8-13)15-12(9)11/h3-5,7H,2,6,8,13H2,1H3. The minimum Gasteiger partial charge on any atom is -0.490 e. The van der Waals surface area contributed by atoms with E-state index in [-0.39, 0.29) is 0 Å². The number of fused-ring (bicyclic) bond motifs is 1. The maximum Gasteiger partial charge on any atom is 0.176 e. The van der Waals surface area contributed by atoms with Gasteiger partial charge in [-0.3, -0.25) is 0 Å². The molecule has 0 saturated heterocycles. The molecule has 0 aliphatic rings. The summed E-state index contributed by atoms with van der Waals surface area (Å²) in [5.74, 6) is 1.59. The van der Waals surface area contributed by atoms with Gasteiger partial charge in [-0.25, -0.2) is 0 Å². The fourth-order valence-electron chi connectivity index (χ4n) is 1.52. The van der Waals surface area contributed by atoms with E-state index in [1.807, 2.05) is 24.3 Å². The monoisotopic (exact) mass is 205 g/mol. The van der Waals surface area contributed by atoms with Crippen LogP contribution in [0, 0.1) is 0 Å². The second-order valence-electron chi connectivity index (χ2n) is 3.44. The summed E-state index contributed by atoms with van der Waals surface area (Å²) in [5, 5.41) is 1.05. The van der Waals surface area contributed by atoms with E-state index >= 15 is 0 Å². The molecule has 2 aromatic rings. The highest BCUT2D eigenvalue weighted by molar-refractivity contribution is 5.83. The van der Waals surface area contributed by atoms with Crippen molar-refractivity contribution in [1.82, 2.24) is 0 Å². The first-order chi connectivity index (χ1) is 7.35. The summed E-state index contributed by atoms with van der Waals surface area (Å²) in [7, 11) is 0. The van der Waals surface area contributed by atoms with Crippen molar-refractivity contribution >= 4 is 11.0 Å². The van der Waals surface area contributed by atoms with Gasteiger partial charge in [-0.05, 0) is 18.6 Å². The average molecular weight is 205 g/mol. The highest BCUT2D eigenvalue weighted by Gasteiger charge is 2.07. The third-order valence-corrected chi connectivity index (χ3v) is 2.22. The zero-order chi connectivity index (χ0) is 10.7. The zero-order valence-electron chi connectivity index (χ0n) is 8.82. The summed E-state index contributed by atoms with van der Waals surface area (Å²) < 4.78 is 11.2. The first kappa shape index (κ1) is 10.1. The van der Waals surface area contributed by atoms with Crippen LogP contribution in [0.4, 0.5) is 0 Å². The Kier molecular flexibility index (Phi) is 2.92. The van der Waals surface area contributed by atoms with E-state index in [4.69, 9.17) is 14.9 Å². The summed E-state index contributed by atoms with van der Waals surface area (Å²) in [6, 6.07) is 7.83. The van der Waals surface area contributed by atoms with Crippen molar-refractivity contribution in [2.24, 2.45) is 5.73 Å². The predicted octanol–water partition coefficient (Wildman–Crippen LogP) is 2.68. The fraction of sp³-hybridized carbons (Fsp3) is 0.333. The minimum atomic E-state index is 0.419. The van der Waals surface area contributed by atoms with Crippen molar-refractivity contribution in [3.8, 4) is 5.75 Å². The van der Waals surface area contributed by atoms with E-state index in [0.717, 1.165) is 28.9 Å². The topological polar surface area (TPSA) is 48.4 Å². The van der Waals surface area contributed by atoms with Crippen LogP contribution in [0.1, 0.15) is 19.1 Å². The molecule has 0 fully saturated rings. The molecule has 0 amide bonds. The normalized spacial score (nSPS) is 10.8. The van der Waals surface area contributed by atoms with E-state index in [0.29, 0.717) is 13.2 Å². The highest BCUT2D eigenvalue weighted by Crippen LogP contribution is 2.28. The molecule has 3 nitrogen and oxygen atoms in total. The molecule has 0 radical (unpaired) electrons. The lowest BCUT2D eigenvalue weighted by molar-refractivity contribution is 0.315. The van der Waals surface area contributed by atoms with Crippen molar-refractivity contribution < 1.29 is 9.15 Å². The summed E-state index contributed by atoms with van der Waals surface area (Å²) in [5.41, 5.74) is 6.33. The zero-order valence-corrected chi connectivity index (χ0v) is 8.82. The smallest absolute Gasteiger partial charge is 0.176 e. The van der Waals surface area contributed by atoms with Gasteiger partial charge in [0.25, 0.3) is 0 Å². The third-order valence-electron chi connectivity index (χ3n) is 2.22. The molecule has 2 N–H and O–H groups in total. The number of nitrogens with two attached hydrogens (primary N) is 1. The van der Waals surface area contributed by atoms with Crippen LogP contribution >= 0.6 is 0 Å². The van der Waals surface area contributed by atoms with Crippen LogP contribution in [0.5, 0.6) is 5.75 Å². The van der Waals surface area contributed by atoms with Crippen molar-refractivity contribution in [2.45, 2.75) is 19.9 Å². The van der Waals surface area contributed by atoms with Gasteiger partial charge in [0.1, 0.15) is 5.76 Å². The Hall–Kier alpha value is -1.48. The number of benzene rings is 1. The molecule has 0 spiro atoms. The second kappa shape index (κ2) is 4.36.